The molecule has 0 aromatic carbocycles. The molecule has 0 fully saturated rings. The Balaban J connectivity index is 2.19. The van der Waals surface area contributed by atoms with Crippen LogP contribution in [0, 0.1) is 5.92 Å². The summed E-state index contributed by atoms with van der Waals surface area (Å²) in [6, 6.07) is 0. The van der Waals surface area contributed by atoms with Crippen LogP contribution in [0.2, 0.25) is 0 Å². The zero-order valence-corrected chi connectivity index (χ0v) is 17.3. The molecule has 1 amide bonds. The smallest absolute Gasteiger partial charge is 0.220 e. The van der Waals surface area contributed by atoms with Gasteiger partial charge in [0, 0.05) is 24.8 Å². The van der Waals surface area contributed by atoms with Gasteiger partial charge < -0.3 is 10.6 Å². The number of hydrogen-bond acceptors (Lipinski definition) is 6. The molecule has 0 unspecified atom stereocenters. The molecule has 0 spiro atoms. The first-order chi connectivity index (χ1) is 12.0. The summed E-state index contributed by atoms with van der Waals surface area (Å²) in [4.78, 5) is 20.8. The highest BCUT2D eigenvalue weighted by atomic mass is 79.9. The molecule has 0 saturated heterocycles. The number of fused-ring (bicyclic) bond motifs is 1. The standard InChI is InChI=1S/C16H25BrN6OS/c1-4-25-16-21-14(19-9-11(2)3)12-10-20-23(15(12)22-16)8-7-18-13(24)5-6-17/h10-11H,4-9H2,1-3H3,(H,18,24)(H,19,21,22). The van der Waals surface area contributed by atoms with Crippen LogP contribution in [-0.4, -0.2) is 49.8 Å². The lowest BCUT2D eigenvalue weighted by molar-refractivity contribution is -0.120. The van der Waals surface area contributed by atoms with E-state index in [1.165, 1.54) is 0 Å². The summed E-state index contributed by atoms with van der Waals surface area (Å²) in [6.07, 6.45) is 2.27. The third-order valence-corrected chi connectivity index (χ3v) is 4.52. The van der Waals surface area contributed by atoms with Gasteiger partial charge in [0.05, 0.1) is 18.1 Å². The lowest BCUT2D eigenvalue weighted by Gasteiger charge is -2.11. The van der Waals surface area contributed by atoms with Crippen LogP contribution in [-0.2, 0) is 11.3 Å². The highest BCUT2D eigenvalue weighted by molar-refractivity contribution is 9.09. The maximum atomic E-state index is 11.6. The molecule has 0 aliphatic rings. The van der Waals surface area contributed by atoms with Crippen LogP contribution in [0.4, 0.5) is 5.82 Å². The van der Waals surface area contributed by atoms with Gasteiger partial charge in [-0.3, -0.25) is 4.79 Å². The van der Waals surface area contributed by atoms with E-state index in [1.54, 1.807) is 18.0 Å². The molecule has 138 valence electrons. The second kappa shape index (κ2) is 9.96. The molecule has 2 N–H and O–H groups in total. The quantitative estimate of drug-likeness (QED) is 0.343. The summed E-state index contributed by atoms with van der Waals surface area (Å²) in [5.41, 5.74) is 0.798. The molecule has 7 nitrogen and oxygen atoms in total. The van der Waals surface area contributed by atoms with Gasteiger partial charge in [0.1, 0.15) is 5.82 Å². The van der Waals surface area contributed by atoms with E-state index >= 15 is 0 Å². The number of hydrogen-bond donors (Lipinski definition) is 2. The van der Waals surface area contributed by atoms with Crippen molar-refractivity contribution in [1.82, 2.24) is 25.1 Å². The number of halogens is 1. The third-order valence-electron chi connectivity index (χ3n) is 3.39. The number of rotatable bonds is 10. The van der Waals surface area contributed by atoms with Crippen molar-refractivity contribution in [3.05, 3.63) is 6.20 Å². The Morgan fingerprint density at radius 2 is 2.20 bits per heavy atom. The Morgan fingerprint density at radius 1 is 1.40 bits per heavy atom. The Hall–Kier alpha value is -1.35. The molecule has 2 aromatic rings. The zero-order valence-electron chi connectivity index (χ0n) is 14.9. The summed E-state index contributed by atoms with van der Waals surface area (Å²) in [5.74, 6) is 2.28. The molecule has 2 aromatic heterocycles. The SMILES string of the molecule is CCSc1nc(NCC(C)C)c2cnn(CCNC(=O)CCBr)c2n1. The van der Waals surface area contributed by atoms with Gasteiger partial charge in [-0.2, -0.15) is 5.10 Å². The number of anilines is 1. The van der Waals surface area contributed by atoms with Crippen LogP contribution in [0.1, 0.15) is 27.2 Å². The number of nitrogens with zero attached hydrogens (tertiary/aromatic N) is 4. The van der Waals surface area contributed by atoms with Gasteiger partial charge in [-0.05, 0) is 11.7 Å². The van der Waals surface area contributed by atoms with Crippen molar-refractivity contribution >= 4 is 50.5 Å². The van der Waals surface area contributed by atoms with E-state index < -0.39 is 0 Å². The lowest BCUT2D eigenvalue weighted by Crippen LogP contribution is -2.27. The molecular formula is C16H25BrN6OS. The number of thioether (sulfide) groups is 1. The summed E-state index contributed by atoms with van der Waals surface area (Å²) >= 11 is 4.87. The molecule has 0 radical (unpaired) electrons. The Kier molecular flexibility index (Phi) is 7.95. The molecule has 0 saturated carbocycles. The summed E-state index contributed by atoms with van der Waals surface area (Å²) in [5, 5.41) is 13.0. The maximum Gasteiger partial charge on any atom is 0.220 e. The van der Waals surface area contributed by atoms with Crippen molar-refractivity contribution in [2.24, 2.45) is 5.92 Å². The van der Waals surface area contributed by atoms with E-state index in [4.69, 9.17) is 0 Å². The van der Waals surface area contributed by atoms with E-state index in [1.807, 2.05) is 4.68 Å². The molecule has 2 heterocycles. The van der Waals surface area contributed by atoms with Crippen molar-refractivity contribution in [3.8, 4) is 0 Å². The van der Waals surface area contributed by atoms with Crippen molar-refractivity contribution in [1.29, 1.82) is 0 Å². The second-order valence-corrected chi connectivity index (χ2v) is 7.98. The number of alkyl halides is 1. The van der Waals surface area contributed by atoms with E-state index in [9.17, 15) is 4.79 Å². The van der Waals surface area contributed by atoms with Gasteiger partial charge >= 0.3 is 0 Å². The number of nitrogens with one attached hydrogen (secondary N) is 2. The number of carbonyl (C=O) groups excluding carboxylic acids is 1. The second-order valence-electron chi connectivity index (χ2n) is 5.96. The summed E-state index contributed by atoms with van der Waals surface area (Å²) in [6.45, 7) is 8.34. The largest absolute Gasteiger partial charge is 0.369 e. The van der Waals surface area contributed by atoms with Gasteiger partial charge in [0.2, 0.25) is 5.91 Å². The van der Waals surface area contributed by atoms with Crippen LogP contribution in [0.25, 0.3) is 11.0 Å². The van der Waals surface area contributed by atoms with Crippen molar-refractivity contribution < 1.29 is 4.79 Å². The van der Waals surface area contributed by atoms with Crippen LogP contribution >= 0.6 is 27.7 Å². The minimum atomic E-state index is 0.0319. The van der Waals surface area contributed by atoms with Gasteiger partial charge in [0.15, 0.2) is 10.8 Å². The molecule has 0 aliphatic carbocycles. The zero-order chi connectivity index (χ0) is 18.2. The number of amides is 1. The summed E-state index contributed by atoms with van der Waals surface area (Å²) in [7, 11) is 0. The van der Waals surface area contributed by atoms with Crippen molar-refractivity contribution in [2.45, 2.75) is 38.9 Å². The Bertz CT molecular complexity index is 705. The summed E-state index contributed by atoms with van der Waals surface area (Å²) < 4.78 is 1.83. The predicted octanol–water partition coefficient (Wildman–Crippen LogP) is 2.91. The lowest BCUT2D eigenvalue weighted by atomic mass is 10.2. The molecule has 0 aliphatic heterocycles. The van der Waals surface area contributed by atoms with Crippen molar-refractivity contribution in [2.75, 3.05) is 29.5 Å². The number of aromatic nitrogens is 4. The molecule has 0 bridgehead atoms. The van der Waals surface area contributed by atoms with Crippen LogP contribution in [0.15, 0.2) is 11.4 Å². The first-order valence-corrected chi connectivity index (χ1v) is 10.6. The normalized spacial score (nSPS) is 11.2. The van der Waals surface area contributed by atoms with Crippen LogP contribution in [0.5, 0.6) is 0 Å². The predicted molar refractivity (Wildman–Crippen MR) is 106 cm³/mol. The van der Waals surface area contributed by atoms with Crippen LogP contribution in [0.3, 0.4) is 0 Å². The molecule has 25 heavy (non-hydrogen) atoms. The van der Waals surface area contributed by atoms with Gasteiger partial charge in [0.25, 0.3) is 0 Å². The fourth-order valence-corrected chi connectivity index (χ4v) is 3.13. The Labute approximate surface area is 160 Å². The van der Waals surface area contributed by atoms with E-state index in [0.717, 1.165) is 34.3 Å². The maximum absolute atomic E-state index is 11.6. The van der Waals surface area contributed by atoms with Gasteiger partial charge in [-0.25, -0.2) is 14.6 Å². The minimum absolute atomic E-state index is 0.0319. The average Bonchev–Trinajstić information content (AvgIpc) is 2.96. The number of carbonyl (C=O) groups is 1. The highest BCUT2D eigenvalue weighted by Crippen LogP contribution is 2.24. The first kappa shape index (κ1) is 20.0. The van der Waals surface area contributed by atoms with E-state index in [2.05, 4.69) is 62.4 Å². The third kappa shape index (κ3) is 5.85. The highest BCUT2D eigenvalue weighted by Gasteiger charge is 2.13. The fourth-order valence-electron chi connectivity index (χ4n) is 2.20. The minimum Gasteiger partial charge on any atom is -0.369 e. The molecular weight excluding hydrogens is 404 g/mol. The Morgan fingerprint density at radius 3 is 2.88 bits per heavy atom. The first-order valence-electron chi connectivity index (χ1n) is 8.48. The monoisotopic (exact) mass is 428 g/mol. The van der Waals surface area contributed by atoms with E-state index in [0.29, 0.717) is 30.8 Å². The van der Waals surface area contributed by atoms with E-state index in [-0.39, 0.29) is 5.91 Å². The van der Waals surface area contributed by atoms with Crippen molar-refractivity contribution in [3.63, 3.8) is 0 Å². The molecule has 2 rings (SSSR count). The average molecular weight is 429 g/mol. The molecule has 9 heteroatoms. The topological polar surface area (TPSA) is 84.7 Å². The van der Waals surface area contributed by atoms with Gasteiger partial charge in [-0.15, -0.1) is 0 Å². The molecule has 0 atom stereocenters. The van der Waals surface area contributed by atoms with Crippen LogP contribution < -0.4 is 10.6 Å². The fraction of sp³-hybridized carbons (Fsp3) is 0.625. The van der Waals surface area contributed by atoms with Gasteiger partial charge in [-0.1, -0.05) is 48.5 Å².